The highest BCUT2D eigenvalue weighted by atomic mass is 32.2. The maximum absolute atomic E-state index is 12.8. The Bertz CT molecular complexity index is 467. The maximum atomic E-state index is 12.8. The van der Waals surface area contributed by atoms with Crippen molar-refractivity contribution in [2.24, 2.45) is 5.92 Å². The zero-order valence-electron chi connectivity index (χ0n) is 16.2. The van der Waals surface area contributed by atoms with Crippen molar-refractivity contribution in [2.45, 2.75) is 81.5 Å². The van der Waals surface area contributed by atoms with Gasteiger partial charge in [0.25, 0.3) is 0 Å². The molecule has 0 bridgehead atoms. The number of aliphatic hydroxyl groups excluding tert-OH is 3. The molecule has 152 valence electrons. The third-order valence-electron chi connectivity index (χ3n) is 5.64. The summed E-state index contributed by atoms with van der Waals surface area (Å²) in [5.41, 5.74) is -0.632. The minimum Gasteiger partial charge on any atom is -0.388 e. The number of hydrogen-bond donors (Lipinski definition) is 4. The van der Waals surface area contributed by atoms with Crippen molar-refractivity contribution in [3.05, 3.63) is 0 Å². The summed E-state index contributed by atoms with van der Waals surface area (Å²) in [5.74, 6) is 0.477. The van der Waals surface area contributed by atoms with Crippen molar-refractivity contribution in [1.82, 2.24) is 10.2 Å². The molecule has 0 aromatic rings. The normalized spacial score (nSPS) is 39.7. The number of carbonyl (C=O) groups is 1. The predicted molar refractivity (Wildman–Crippen MR) is 102 cm³/mol. The van der Waals surface area contributed by atoms with Gasteiger partial charge in [-0.25, -0.2) is 0 Å². The van der Waals surface area contributed by atoms with Crippen LogP contribution in [0.15, 0.2) is 0 Å². The lowest BCUT2D eigenvalue weighted by molar-refractivity contribution is -0.205. The van der Waals surface area contributed by atoms with E-state index in [2.05, 4.69) is 17.1 Å². The molecule has 8 atom stereocenters. The smallest absolute Gasteiger partial charge is 0.237 e. The molecule has 8 heteroatoms. The van der Waals surface area contributed by atoms with E-state index in [1.165, 1.54) is 11.8 Å². The Morgan fingerprint density at radius 2 is 1.96 bits per heavy atom. The van der Waals surface area contributed by atoms with Crippen LogP contribution in [0, 0.1) is 5.92 Å². The molecule has 0 radical (unpaired) electrons. The van der Waals surface area contributed by atoms with Gasteiger partial charge in [0, 0.05) is 6.54 Å². The molecular formula is C18H34N2O5S. The topological polar surface area (TPSA) is 102 Å². The van der Waals surface area contributed by atoms with E-state index in [1.807, 2.05) is 14.0 Å². The Labute approximate surface area is 160 Å². The highest BCUT2D eigenvalue weighted by molar-refractivity contribution is 7.99. The summed E-state index contributed by atoms with van der Waals surface area (Å²) >= 11 is 1.28. The van der Waals surface area contributed by atoms with Gasteiger partial charge in [-0.2, -0.15) is 0 Å². The molecule has 26 heavy (non-hydrogen) atoms. The molecule has 0 aromatic heterocycles. The summed E-state index contributed by atoms with van der Waals surface area (Å²) in [6, 6.07) is -0.596. The second kappa shape index (κ2) is 9.71. The molecule has 0 aromatic carbocycles. The molecule has 2 saturated heterocycles. The second-order valence-corrected chi connectivity index (χ2v) is 8.48. The highest BCUT2D eigenvalue weighted by Gasteiger charge is 2.47. The minimum absolute atomic E-state index is 0.0601. The minimum atomic E-state index is -1.29. The fourth-order valence-electron chi connectivity index (χ4n) is 4.13. The summed E-state index contributed by atoms with van der Waals surface area (Å²) in [7, 11) is 1.97. The molecule has 4 N–H and O–H groups in total. The van der Waals surface area contributed by atoms with Crippen LogP contribution in [0.4, 0.5) is 0 Å². The van der Waals surface area contributed by atoms with E-state index in [0.717, 1.165) is 25.8 Å². The van der Waals surface area contributed by atoms with Crippen molar-refractivity contribution in [3.8, 4) is 0 Å². The molecule has 2 fully saturated rings. The Kier molecular flexibility index (Phi) is 8.18. The predicted octanol–water partition coefficient (Wildman–Crippen LogP) is 0.172. The lowest BCUT2D eigenvalue weighted by Gasteiger charge is -2.43. The van der Waals surface area contributed by atoms with Gasteiger partial charge in [0.15, 0.2) is 0 Å². The number of carbonyl (C=O) groups excluding carboxylic acids is 1. The summed E-state index contributed by atoms with van der Waals surface area (Å²) in [6.45, 7) is 4.99. The second-order valence-electron chi connectivity index (χ2n) is 7.55. The molecule has 0 aliphatic carbocycles. The number of nitrogens with one attached hydrogen (secondary N) is 1. The van der Waals surface area contributed by atoms with Crippen molar-refractivity contribution < 1.29 is 24.9 Å². The molecule has 2 aliphatic rings. The Morgan fingerprint density at radius 3 is 2.54 bits per heavy atom. The van der Waals surface area contributed by atoms with E-state index in [1.54, 1.807) is 6.26 Å². The molecule has 2 heterocycles. The van der Waals surface area contributed by atoms with Gasteiger partial charge in [-0.1, -0.05) is 20.3 Å². The number of thioether (sulfide) groups is 1. The first-order valence-electron chi connectivity index (χ1n) is 9.57. The number of aliphatic hydroxyl groups is 3. The van der Waals surface area contributed by atoms with E-state index in [4.69, 9.17) is 4.74 Å². The van der Waals surface area contributed by atoms with E-state index in [9.17, 15) is 20.1 Å². The Morgan fingerprint density at radius 1 is 1.27 bits per heavy atom. The van der Waals surface area contributed by atoms with E-state index < -0.39 is 35.9 Å². The Balaban J connectivity index is 2.02. The average molecular weight is 391 g/mol. The van der Waals surface area contributed by atoms with Crippen LogP contribution in [0.2, 0.25) is 0 Å². The number of amides is 1. The fraction of sp³-hybridized carbons (Fsp3) is 0.944. The summed E-state index contributed by atoms with van der Waals surface area (Å²) < 4.78 is 5.81. The van der Waals surface area contributed by atoms with Crippen molar-refractivity contribution in [1.29, 1.82) is 0 Å². The molecule has 2 aliphatic heterocycles. The molecule has 7 nitrogen and oxygen atoms in total. The molecule has 3 unspecified atom stereocenters. The standard InChI is InChI=1S/C18H34N2O5S/c1-5-7-10-8-12(20(3)9-10)17(24)19-11(6-2)16-14(22)13(21)15(23)18(25-16)26-4/h10-16,18,21-23H,5-9H2,1-4H3,(H,19,24)/t10-,11-,12?,13?,14+,15-,16-,18?/m1/s1. The first-order chi connectivity index (χ1) is 12.3. The van der Waals surface area contributed by atoms with Gasteiger partial charge in [-0.3, -0.25) is 9.69 Å². The van der Waals surface area contributed by atoms with Crippen LogP contribution in [0.3, 0.4) is 0 Å². The van der Waals surface area contributed by atoms with Crippen LogP contribution >= 0.6 is 11.8 Å². The van der Waals surface area contributed by atoms with Gasteiger partial charge in [0.2, 0.25) is 5.91 Å². The fourth-order valence-corrected chi connectivity index (χ4v) is 4.81. The van der Waals surface area contributed by atoms with Gasteiger partial charge in [-0.05, 0) is 38.5 Å². The van der Waals surface area contributed by atoms with Gasteiger partial charge < -0.3 is 25.4 Å². The van der Waals surface area contributed by atoms with Crippen molar-refractivity contribution >= 4 is 17.7 Å². The maximum Gasteiger partial charge on any atom is 0.237 e. The van der Waals surface area contributed by atoms with Gasteiger partial charge >= 0.3 is 0 Å². The van der Waals surface area contributed by atoms with E-state index in [0.29, 0.717) is 12.3 Å². The molecule has 0 saturated carbocycles. The SMILES string of the molecule is CCC[C@@H]1CC(C(=O)N[C@H](CC)[C@H]2OC(SC)[C@H](O)C(O)[C@@H]2O)N(C)C1. The van der Waals surface area contributed by atoms with Crippen LogP contribution in [-0.2, 0) is 9.53 Å². The van der Waals surface area contributed by atoms with Crippen LogP contribution in [0.5, 0.6) is 0 Å². The molecule has 0 spiro atoms. The largest absolute Gasteiger partial charge is 0.388 e. The van der Waals surface area contributed by atoms with Crippen molar-refractivity contribution in [3.63, 3.8) is 0 Å². The third-order valence-corrected chi connectivity index (χ3v) is 6.49. The summed E-state index contributed by atoms with van der Waals surface area (Å²) in [6.07, 6.45) is 0.974. The lowest BCUT2D eigenvalue weighted by Crippen LogP contribution is -2.63. The number of likely N-dealkylation sites (N-methyl/N-ethyl adjacent to an activating group) is 1. The zero-order chi connectivity index (χ0) is 19.4. The monoisotopic (exact) mass is 390 g/mol. The summed E-state index contributed by atoms with van der Waals surface area (Å²) in [4.78, 5) is 14.9. The number of rotatable bonds is 7. The highest BCUT2D eigenvalue weighted by Crippen LogP contribution is 2.30. The zero-order valence-corrected chi connectivity index (χ0v) is 17.0. The van der Waals surface area contributed by atoms with Crippen LogP contribution < -0.4 is 5.32 Å². The van der Waals surface area contributed by atoms with Gasteiger partial charge in [-0.15, -0.1) is 11.8 Å². The number of ether oxygens (including phenoxy) is 1. The van der Waals surface area contributed by atoms with Crippen LogP contribution in [0.1, 0.15) is 39.5 Å². The van der Waals surface area contributed by atoms with E-state index in [-0.39, 0.29) is 11.9 Å². The third kappa shape index (κ3) is 4.72. The molecule has 1 amide bonds. The van der Waals surface area contributed by atoms with E-state index >= 15 is 0 Å². The lowest BCUT2D eigenvalue weighted by atomic mass is 9.93. The molecular weight excluding hydrogens is 356 g/mol. The van der Waals surface area contributed by atoms with Gasteiger partial charge in [0.1, 0.15) is 29.9 Å². The van der Waals surface area contributed by atoms with Gasteiger partial charge in [0.05, 0.1) is 12.1 Å². The summed E-state index contributed by atoms with van der Waals surface area (Å²) in [5, 5.41) is 33.5. The number of hydrogen-bond acceptors (Lipinski definition) is 7. The number of likely N-dealkylation sites (tertiary alicyclic amines) is 1. The first-order valence-corrected chi connectivity index (χ1v) is 10.9. The molecule has 2 rings (SSSR count). The average Bonchev–Trinajstić information content (AvgIpc) is 2.99. The van der Waals surface area contributed by atoms with Crippen molar-refractivity contribution in [2.75, 3.05) is 19.8 Å². The van der Waals surface area contributed by atoms with Crippen LogP contribution in [-0.4, -0.2) is 87.9 Å². The first kappa shape index (κ1) is 21.9. The Hall–Kier alpha value is -0.380. The van der Waals surface area contributed by atoms with Crippen LogP contribution in [0.25, 0.3) is 0 Å². The quantitative estimate of drug-likeness (QED) is 0.492. The number of nitrogens with zero attached hydrogens (tertiary/aromatic N) is 1.